The molecule has 1 fully saturated rings. The average molecular weight is 701 g/mol. The molecule has 0 aliphatic carbocycles. The Morgan fingerprint density at radius 2 is 1.96 bits per heavy atom. The van der Waals surface area contributed by atoms with Crippen molar-refractivity contribution >= 4 is 40.3 Å². The molecule has 0 unspecified atom stereocenters. The first kappa shape index (κ1) is 35.0. The third-order valence-electron chi connectivity index (χ3n) is 8.74. The van der Waals surface area contributed by atoms with E-state index in [-0.39, 0.29) is 43.0 Å². The number of carbonyl (C=O) groups excluding carboxylic acids is 2. The number of rotatable bonds is 8. The van der Waals surface area contributed by atoms with Gasteiger partial charge in [0.2, 0.25) is 0 Å². The smallest absolute Gasteiger partial charge is 0.410 e. The van der Waals surface area contributed by atoms with Crippen LogP contribution in [-0.4, -0.2) is 80.6 Å². The summed E-state index contributed by atoms with van der Waals surface area (Å²) in [5.41, 5.74) is 3.21. The lowest BCUT2D eigenvalue weighted by Gasteiger charge is -2.38. The number of ether oxygens (including phenoxy) is 3. The molecule has 262 valence electrons. The van der Waals surface area contributed by atoms with E-state index < -0.39 is 5.60 Å². The molecule has 0 spiro atoms. The monoisotopic (exact) mass is 700 g/mol. The zero-order valence-electron chi connectivity index (χ0n) is 29.1. The topological polar surface area (TPSA) is 149 Å². The van der Waals surface area contributed by atoms with Crippen LogP contribution in [0, 0.1) is 23.2 Å². The SMILES string of the molecule is COC[C@@H]1CN(C(=O)OC(C)(C)C)CC[C@H]1n1ncc2c(-c3ccc4c(c3)OCC(=O)N4Cc3ncc(Cl)cn3)c(C#N)c(CC(C)C)nc21. The number of nitriles is 1. The zero-order valence-corrected chi connectivity index (χ0v) is 29.9. The molecule has 5 heterocycles. The summed E-state index contributed by atoms with van der Waals surface area (Å²) in [6, 6.07) is 7.88. The van der Waals surface area contributed by atoms with E-state index in [0.29, 0.717) is 77.3 Å². The molecule has 0 radical (unpaired) electrons. The summed E-state index contributed by atoms with van der Waals surface area (Å²) in [6.45, 7) is 11.1. The number of methoxy groups -OCH3 is 1. The fraction of sp³-hybridized carbons (Fsp3) is 0.472. The highest BCUT2D eigenvalue weighted by Gasteiger charge is 2.37. The quantitative estimate of drug-likeness (QED) is 0.215. The van der Waals surface area contributed by atoms with Gasteiger partial charge in [-0.1, -0.05) is 31.5 Å². The van der Waals surface area contributed by atoms with Crippen molar-refractivity contribution in [3.05, 3.63) is 58.9 Å². The number of carbonyl (C=O) groups is 2. The summed E-state index contributed by atoms with van der Waals surface area (Å²) in [7, 11) is 1.65. The predicted molar refractivity (Wildman–Crippen MR) is 187 cm³/mol. The van der Waals surface area contributed by atoms with Crippen molar-refractivity contribution in [1.29, 1.82) is 5.26 Å². The van der Waals surface area contributed by atoms with Gasteiger partial charge in [0, 0.05) is 49.5 Å². The molecule has 2 aliphatic heterocycles. The zero-order chi connectivity index (χ0) is 35.7. The Labute approximate surface area is 296 Å². The van der Waals surface area contributed by atoms with E-state index >= 15 is 0 Å². The number of likely N-dealkylation sites (tertiary alicyclic amines) is 1. The summed E-state index contributed by atoms with van der Waals surface area (Å²) in [5.74, 6) is 0.867. The number of nitrogens with zero attached hydrogens (tertiary/aromatic N) is 8. The molecule has 2 amide bonds. The second-order valence-corrected chi connectivity index (χ2v) is 14.5. The molecule has 13 nitrogen and oxygen atoms in total. The van der Waals surface area contributed by atoms with Crippen LogP contribution < -0.4 is 9.64 Å². The lowest BCUT2D eigenvalue weighted by atomic mass is 9.92. The van der Waals surface area contributed by atoms with E-state index in [9.17, 15) is 14.9 Å². The van der Waals surface area contributed by atoms with Crippen molar-refractivity contribution in [1.82, 2.24) is 29.6 Å². The van der Waals surface area contributed by atoms with Crippen LogP contribution in [0.15, 0.2) is 36.8 Å². The lowest BCUT2D eigenvalue weighted by Crippen LogP contribution is -2.47. The van der Waals surface area contributed by atoms with Gasteiger partial charge in [-0.2, -0.15) is 10.4 Å². The van der Waals surface area contributed by atoms with Crippen LogP contribution in [0.3, 0.4) is 0 Å². The van der Waals surface area contributed by atoms with Crippen LogP contribution in [0.1, 0.15) is 64.2 Å². The fourth-order valence-corrected chi connectivity index (χ4v) is 6.71. The van der Waals surface area contributed by atoms with Gasteiger partial charge in [0.15, 0.2) is 12.3 Å². The normalized spacial score (nSPS) is 17.9. The van der Waals surface area contributed by atoms with Crippen LogP contribution in [0.5, 0.6) is 5.75 Å². The van der Waals surface area contributed by atoms with Crippen molar-refractivity contribution < 1.29 is 23.8 Å². The first-order valence-electron chi connectivity index (χ1n) is 16.7. The van der Waals surface area contributed by atoms with Gasteiger partial charge < -0.3 is 19.1 Å². The Morgan fingerprint density at radius 1 is 1.20 bits per heavy atom. The van der Waals surface area contributed by atoms with Crippen molar-refractivity contribution in [2.45, 2.75) is 65.6 Å². The maximum Gasteiger partial charge on any atom is 0.410 e. The lowest BCUT2D eigenvalue weighted by molar-refractivity contribution is -0.121. The molecule has 1 saturated heterocycles. The molecular weight excluding hydrogens is 660 g/mol. The molecule has 50 heavy (non-hydrogen) atoms. The highest BCUT2D eigenvalue weighted by atomic mass is 35.5. The maximum atomic E-state index is 13.0. The van der Waals surface area contributed by atoms with Crippen molar-refractivity contribution in [3.8, 4) is 22.9 Å². The number of halogens is 1. The van der Waals surface area contributed by atoms with Crippen LogP contribution in [0.25, 0.3) is 22.2 Å². The van der Waals surface area contributed by atoms with Gasteiger partial charge in [0.25, 0.3) is 5.91 Å². The molecular formula is C36H41ClN8O5. The highest BCUT2D eigenvalue weighted by molar-refractivity contribution is 6.30. The molecule has 2 atom stereocenters. The van der Waals surface area contributed by atoms with E-state index in [0.717, 1.165) is 10.9 Å². The Kier molecular flexibility index (Phi) is 9.96. The minimum absolute atomic E-state index is 0.0795. The number of hydrogen-bond donors (Lipinski definition) is 0. The highest BCUT2D eigenvalue weighted by Crippen LogP contribution is 2.41. The molecule has 3 aromatic heterocycles. The molecule has 0 bridgehead atoms. The van der Waals surface area contributed by atoms with Gasteiger partial charge in [-0.25, -0.2) is 24.4 Å². The van der Waals surface area contributed by atoms with Crippen LogP contribution in [0.2, 0.25) is 5.02 Å². The Bertz CT molecular complexity index is 1950. The largest absolute Gasteiger partial charge is 0.482 e. The number of hydrogen-bond acceptors (Lipinski definition) is 10. The minimum atomic E-state index is -0.602. The van der Waals surface area contributed by atoms with E-state index in [1.807, 2.05) is 43.7 Å². The predicted octanol–water partition coefficient (Wildman–Crippen LogP) is 5.98. The summed E-state index contributed by atoms with van der Waals surface area (Å²) in [6.07, 6.45) is 5.60. The Balaban J connectivity index is 1.41. The minimum Gasteiger partial charge on any atom is -0.482 e. The number of aromatic nitrogens is 5. The van der Waals surface area contributed by atoms with E-state index in [4.69, 9.17) is 35.9 Å². The number of piperidine rings is 1. The van der Waals surface area contributed by atoms with Crippen LogP contribution in [0.4, 0.5) is 10.5 Å². The second kappa shape index (κ2) is 14.2. The summed E-state index contributed by atoms with van der Waals surface area (Å²) in [5, 5.41) is 16.6. The Hall–Kier alpha value is -4.80. The first-order valence-corrected chi connectivity index (χ1v) is 17.1. The molecule has 14 heteroatoms. The number of fused-ring (bicyclic) bond motifs is 2. The molecule has 2 aliphatic rings. The van der Waals surface area contributed by atoms with Crippen molar-refractivity contribution in [2.75, 3.05) is 38.3 Å². The third-order valence-corrected chi connectivity index (χ3v) is 8.93. The maximum absolute atomic E-state index is 13.0. The number of pyridine rings is 1. The van der Waals surface area contributed by atoms with Gasteiger partial charge in [-0.05, 0) is 57.2 Å². The van der Waals surface area contributed by atoms with E-state index in [1.165, 1.54) is 12.4 Å². The van der Waals surface area contributed by atoms with E-state index in [1.54, 1.807) is 23.1 Å². The van der Waals surface area contributed by atoms with Crippen molar-refractivity contribution in [2.24, 2.45) is 11.8 Å². The fourth-order valence-electron chi connectivity index (χ4n) is 6.61. The standard InChI is InChI=1S/C36H41ClN8O5/c1-21(2)11-27-25(13-38)33(22-7-8-29-30(12-22)49-20-32(46)44(29)18-31-39-14-24(37)15-40-31)26-16-41-45(34(26)42-27)28-9-10-43(17-23(28)19-48-6)35(47)50-36(3,4)5/h7-8,12,14-16,21,23,28H,9-11,17-20H2,1-6H3/t23-,28+/m0/s1. The summed E-state index contributed by atoms with van der Waals surface area (Å²) >= 11 is 5.96. The number of amides is 2. The number of anilines is 1. The first-order chi connectivity index (χ1) is 23.9. The van der Waals surface area contributed by atoms with E-state index in [2.05, 4.69) is 29.9 Å². The Morgan fingerprint density at radius 3 is 2.64 bits per heavy atom. The van der Waals surface area contributed by atoms with Crippen molar-refractivity contribution in [3.63, 3.8) is 0 Å². The molecule has 4 aromatic rings. The van der Waals surface area contributed by atoms with Gasteiger partial charge in [-0.15, -0.1) is 0 Å². The molecule has 0 N–H and O–H groups in total. The molecule has 0 saturated carbocycles. The molecule has 6 rings (SSSR count). The number of benzene rings is 1. The van der Waals surface area contributed by atoms with Crippen LogP contribution >= 0.6 is 11.6 Å². The van der Waals surface area contributed by atoms with Gasteiger partial charge >= 0.3 is 6.09 Å². The van der Waals surface area contributed by atoms with Gasteiger partial charge in [0.05, 0.1) is 47.4 Å². The molecule has 1 aromatic carbocycles. The second-order valence-electron chi connectivity index (χ2n) is 14.1. The van der Waals surface area contributed by atoms with Gasteiger partial charge in [0.1, 0.15) is 23.2 Å². The van der Waals surface area contributed by atoms with Crippen LogP contribution in [-0.2, 0) is 27.2 Å². The van der Waals surface area contributed by atoms with Gasteiger partial charge in [-0.3, -0.25) is 9.69 Å². The average Bonchev–Trinajstić information content (AvgIpc) is 3.48. The summed E-state index contributed by atoms with van der Waals surface area (Å²) in [4.78, 5) is 42.9. The summed E-state index contributed by atoms with van der Waals surface area (Å²) < 4.78 is 19.2. The third kappa shape index (κ3) is 7.22.